The summed E-state index contributed by atoms with van der Waals surface area (Å²) in [5, 5.41) is 0. The zero-order valence-electron chi connectivity index (χ0n) is 15.6. The summed E-state index contributed by atoms with van der Waals surface area (Å²) in [7, 11) is 1.67. The summed E-state index contributed by atoms with van der Waals surface area (Å²) in [6.07, 6.45) is -0.482. The van der Waals surface area contributed by atoms with Gasteiger partial charge >= 0.3 is 0 Å². The molecule has 1 heterocycles. The standard InChI is InChI=1S/C21H26N2O3/c1-16-5-4-6-20(15-16)26-17(2)21(24)23-13-11-22(12-14-23)18-7-9-19(25-3)10-8-18/h4-10,15,17H,11-14H2,1-3H3/t17-/m0/s1. The Labute approximate surface area is 155 Å². The average molecular weight is 354 g/mol. The Morgan fingerprint density at radius 3 is 2.31 bits per heavy atom. The zero-order valence-corrected chi connectivity index (χ0v) is 15.6. The monoisotopic (exact) mass is 354 g/mol. The molecule has 1 atom stereocenters. The molecular weight excluding hydrogens is 328 g/mol. The normalized spacial score (nSPS) is 15.5. The third-order valence-electron chi connectivity index (χ3n) is 4.68. The zero-order chi connectivity index (χ0) is 18.5. The number of hydrogen-bond donors (Lipinski definition) is 0. The molecule has 0 radical (unpaired) electrons. The lowest BCUT2D eigenvalue weighted by Gasteiger charge is -2.37. The highest BCUT2D eigenvalue weighted by molar-refractivity contribution is 5.81. The molecule has 0 aliphatic carbocycles. The lowest BCUT2D eigenvalue weighted by atomic mass is 10.2. The Bertz CT molecular complexity index is 737. The molecule has 0 N–H and O–H groups in total. The van der Waals surface area contributed by atoms with Gasteiger partial charge in [0.05, 0.1) is 7.11 Å². The van der Waals surface area contributed by atoms with Crippen molar-refractivity contribution in [2.24, 2.45) is 0 Å². The summed E-state index contributed by atoms with van der Waals surface area (Å²) in [5.41, 5.74) is 2.28. The van der Waals surface area contributed by atoms with E-state index in [1.165, 1.54) is 0 Å². The predicted molar refractivity (Wildman–Crippen MR) is 103 cm³/mol. The molecule has 1 amide bonds. The topological polar surface area (TPSA) is 42.0 Å². The minimum atomic E-state index is -0.482. The number of aryl methyl sites for hydroxylation is 1. The molecule has 5 nitrogen and oxygen atoms in total. The number of hydrogen-bond acceptors (Lipinski definition) is 4. The highest BCUT2D eigenvalue weighted by Gasteiger charge is 2.26. The van der Waals surface area contributed by atoms with Gasteiger partial charge in [0.2, 0.25) is 0 Å². The van der Waals surface area contributed by atoms with Gasteiger partial charge in [-0.1, -0.05) is 12.1 Å². The van der Waals surface area contributed by atoms with Crippen molar-refractivity contribution in [3.05, 3.63) is 54.1 Å². The maximum Gasteiger partial charge on any atom is 0.263 e. The van der Waals surface area contributed by atoms with Crippen LogP contribution in [0.4, 0.5) is 5.69 Å². The van der Waals surface area contributed by atoms with Crippen molar-refractivity contribution >= 4 is 11.6 Å². The van der Waals surface area contributed by atoms with Gasteiger partial charge in [-0.2, -0.15) is 0 Å². The average Bonchev–Trinajstić information content (AvgIpc) is 2.67. The van der Waals surface area contributed by atoms with Gasteiger partial charge < -0.3 is 19.3 Å². The van der Waals surface area contributed by atoms with E-state index in [1.54, 1.807) is 7.11 Å². The molecule has 1 aliphatic heterocycles. The van der Waals surface area contributed by atoms with Crippen LogP contribution in [-0.4, -0.2) is 50.2 Å². The van der Waals surface area contributed by atoms with Crippen LogP contribution in [0.25, 0.3) is 0 Å². The number of methoxy groups -OCH3 is 1. The van der Waals surface area contributed by atoms with Crippen LogP contribution in [0.1, 0.15) is 12.5 Å². The van der Waals surface area contributed by atoms with E-state index in [2.05, 4.69) is 17.0 Å². The smallest absolute Gasteiger partial charge is 0.263 e. The van der Waals surface area contributed by atoms with Gasteiger partial charge in [0, 0.05) is 31.9 Å². The minimum Gasteiger partial charge on any atom is -0.497 e. The first-order valence-electron chi connectivity index (χ1n) is 8.98. The molecule has 1 fully saturated rings. The Kier molecular flexibility index (Phi) is 5.66. The summed E-state index contributed by atoms with van der Waals surface area (Å²) in [4.78, 5) is 16.9. The SMILES string of the molecule is COc1ccc(N2CCN(C(=O)[C@H](C)Oc3cccc(C)c3)CC2)cc1. The van der Waals surface area contributed by atoms with E-state index < -0.39 is 6.10 Å². The number of carbonyl (C=O) groups excluding carboxylic acids is 1. The molecular formula is C21H26N2O3. The van der Waals surface area contributed by atoms with Crippen LogP contribution in [0.15, 0.2) is 48.5 Å². The molecule has 0 unspecified atom stereocenters. The van der Waals surface area contributed by atoms with Crippen molar-refractivity contribution < 1.29 is 14.3 Å². The first kappa shape index (κ1) is 18.1. The number of ether oxygens (including phenoxy) is 2. The Morgan fingerprint density at radius 2 is 1.69 bits per heavy atom. The first-order chi connectivity index (χ1) is 12.6. The van der Waals surface area contributed by atoms with Crippen LogP contribution in [0.5, 0.6) is 11.5 Å². The second-order valence-corrected chi connectivity index (χ2v) is 6.59. The van der Waals surface area contributed by atoms with Crippen molar-refractivity contribution in [3.63, 3.8) is 0 Å². The molecule has 1 saturated heterocycles. The van der Waals surface area contributed by atoms with Crippen LogP contribution in [0.2, 0.25) is 0 Å². The fourth-order valence-corrected chi connectivity index (χ4v) is 3.18. The maximum absolute atomic E-state index is 12.7. The second-order valence-electron chi connectivity index (χ2n) is 6.59. The molecule has 2 aromatic carbocycles. The van der Waals surface area contributed by atoms with Crippen LogP contribution in [0.3, 0.4) is 0 Å². The molecule has 3 rings (SSSR count). The molecule has 26 heavy (non-hydrogen) atoms. The first-order valence-corrected chi connectivity index (χ1v) is 8.98. The number of benzene rings is 2. The quantitative estimate of drug-likeness (QED) is 0.827. The van der Waals surface area contributed by atoms with Crippen molar-refractivity contribution in [2.75, 3.05) is 38.2 Å². The van der Waals surface area contributed by atoms with Gasteiger partial charge in [-0.25, -0.2) is 0 Å². The number of amides is 1. The molecule has 2 aromatic rings. The largest absolute Gasteiger partial charge is 0.497 e. The molecule has 5 heteroatoms. The second kappa shape index (κ2) is 8.13. The lowest BCUT2D eigenvalue weighted by molar-refractivity contribution is -0.138. The van der Waals surface area contributed by atoms with Crippen LogP contribution in [0, 0.1) is 6.92 Å². The van der Waals surface area contributed by atoms with Crippen molar-refractivity contribution in [1.29, 1.82) is 0 Å². The highest BCUT2D eigenvalue weighted by Crippen LogP contribution is 2.21. The molecule has 0 saturated carbocycles. The van der Waals surface area contributed by atoms with Gasteiger partial charge in [0.15, 0.2) is 6.10 Å². The third kappa shape index (κ3) is 4.28. The molecule has 138 valence electrons. The Hall–Kier alpha value is -2.69. The maximum atomic E-state index is 12.7. The molecule has 0 bridgehead atoms. The fourth-order valence-electron chi connectivity index (χ4n) is 3.18. The number of piperazine rings is 1. The number of carbonyl (C=O) groups is 1. The lowest BCUT2D eigenvalue weighted by Crippen LogP contribution is -2.52. The van der Waals surface area contributed by atoms with E-state index in [9.17, 15) is 4.79 Å². The van der Waals surface area contributed by atoms with Crippen molar-refractivity contribution in [2.45, 2.75) is 20.0 Å². The molecule has 0 spiro atoms. The van der Waals surface area contributed by atoms with E-state index in [0.29, 0.717) is 13.1 Å². The Morgan fingerprint density at radius 1 is 1.00 bits per heavy atom. The van der Waals surface area contributed by atoms with Crippen LogP contribution < -0.4 is 14.4 Å². The third-order valence-corrected chi connectivity index (χ3v) is 4.68. The van der Waals surface area contributed by atoms with E-state index in [-0.39, 0.29) is 5.91 Å². The number of anilines is 1. The number of rotatable bonds is 5. The fraction of sp³-hybridized carbons (Fsp3) is 0.381. The summed E-state index contributed by atoms with van der Waals surface area (Å²) < 4.78 is 11.0. The minimum absolute atomic E-state index is 0.0425. The van der Waals surface area contributed by atoms with Gasteiger partial charge in [0.25, 0.3) is 5.91 Å². The number of nitrogens with zero attached hydrogens (tertiary/aromatic N) is 2. The van der Waals surface area contributed by atoms with Crippen LogP contribution in [-0.2, 0) is 4.79 Å². The highest BCUT2D eigenvalue weighted by atomic mass is 16.5. The van der Waals surface area contributed by atoms with Gasteiger partial charge in [-0.3, -0.25) is 4.79 Å². The predicted octanol–water partition coefficient (Wildman–Crippen LogP) is 3.12. The van der Waals surface area contributed by atoms with Gasteiger partial charge in [0.1, 0.15) is 11.5 Å². The van der Waals surface area contributed by atoms with E-state index in [4.69, 9.17) is 9.47 Å². The molecule has 0 aromatic heterocycles. The summed E-state index contributed by atoms with van der Waals surface area (Å²) in [5.74, 6) is 1.63. The van der Waals surface area contributed by atoms with Crippen LogP contribution >= 0.6 is 0 Å². The van der Waals surface area contributed by atoms with Crippen molar-refractivity contribution in [1.82, 2.24) is 4.90 Å². The summed E-state index contributed by atoms with van der Waals surface area (Å²) in [6.45, 7) is 6.86. The molecule has 1 aliphatic rings. The van der Waals surface area contributed by atoms with E-state index in [0.717, 1.165) is 35.8 Å². The summed E-state index contributed by atoms with van der Waals surface area (Å²) in [6, 6.07) is 15.8. The van der Waals surface area contributed by atoms with Gasteiger partial charge in [-0.05, 0) is 55.8 Å². The summed E-state index contributed by atoms with van der Waals surface area (Å²) >= 11 is 0. The van der Waals surface area contributed by atoms with Gasteiger partial charge in [-0.15, -0.1) is 0 Å². The van der Waals surface area contributed by atoms with E-state index >= 15 is 0 Å². The van der Waals surface area contributed by atoms with Crippen molar-refractivity contribution in [3.8, 4) is 11.5 Å². The van der Waals surface area contributed by atoms with E-state index in [1.807, 2.05) is 55.1 Å². The Balaban J connectivity index is 1.54.